The zero-order valence-electron chi connectivity index (χ0n) is 27.6. The summed E-state index contributed by atoms with van der Waals surface area (Å²) < 4.78 is 40.0. The van der Waals surface area contributed by atoms with Crippen molar-refractivity contribution >= 4 is 5.97 Å². The van der Waals surface area contributed by atoms with E-state index < -0.39 is 130 Å². The van der Waals surface area contributed by atoms with E-state index in [1.807, 2.05) is 0 Å². The van der Waals surface area contributed by atoms with Crippen LogP contribution in [0.25, 0.3) is 0 Å². The van der Waals surface area contributed by atoms with Gasteiger partial charge in [-0.1, -0.05) is 25.3 Å². The van der Waals surface area contributed by atoms with Gasteiger partial charge in [0.2, 0.25) is 0 Å². The van der Waals surface area contributed by atoms with Gasteiger partial charge in [0.05, 0.1) is 25.9 Å². The monoisotopic (exact) mass is 732 g/mol. The first kappa shape index (κ1) is 38.8. The number of carbonyl (C=O) groups is 1. The lowest BCUT2D eigenvalue weighted by molar-refractivity contribution is -0.381. The number of esters is 1. The van der Waals surface area contributed by atoms with Gasteiger partial charge in [0.1, 0.15) is 79.4 Å². The van der Waals surface area contributed by atoms with Gasteiger partial charge in [-0.25, -0.2) is 4.79 Å². The molecule has 6 rings (SSSR count). The van der Waals surface area contributed by atoms with Gasteiger partial charge in [0, 0.05) is 17.4 Å². The molecule has 0 radical (unpaired) electrons. The van der Waals surface area contributed by atoms with Gasteiger partial charge in [-0.2, -0.15) is 0 Å². The fourth-order valence-electron chi connectivity index (χ4n) is 8.14. The molecule has 2 saturated carbocycles. The van der Waals surface area contributed by atoms with Gasteiger partial charge < -0.3 is 84.2 Å². The Hall–Kier alpha value is -1.95. The van der Waals surface area contributed by atoms with Crippen molar-refractivity contribution in [1.29, 1.82) is 0 Å². The predicted octanol–water partition coefficient (Wildman–Crippen LogP) is -4.54. The minimum absolute atomic E-state index is 0.163. The molecule has 0 unspecified atom stereocenters. The molecule has 10 N–H and O–H groups in total. The van der Waals surface area contributed by atoms with Gasteiger partial charge in [-0.05, 0) is 30.8 Å². The Morgan fingerprint density at radius 2 is 1.18 bits per heavy atom. The van der Waals surface area contributed by atoms with Crippen LogP contribution in [0.1, 0.15) is 19.3 Å². The average molecular weight is 733 g/mol. The van der Waals surface area contributed by atoms with Crippen LogP contribution in [0.5, 0.6) is 0 Å². The van der Waals surface area contributed by atoms with Crippen LogP contribution in [0.4, 0.5) is 0 Å². The van der Waals surface area contributed by atoms with Crippen LogP contribution in [0.3, 0.4) is 0 Å². The van der Waals surface area contributed by atoms with E-state index >= 15 is 0 Å². The summed E-state index contributed by atoms with van der Waals surface area (Å²) in [7, 11) is 0. The minimum Gasteiger partial charge on any atom is -0.458 e. The van der Waals surface area contributed by atoms with Crippen molar-refractivity contribution in [2.75, 3.05) is 19.8 Å². The van der Waals surface area contributed by atoms with Crippen molar-refractivity contribution in [3.05, 3.63) is 36.5 Å². The molecule has 18 nitrogen and oxygen atoms in total. The highest BCUT2D eigenvalue weighted by Gasteiger charge is 2.57. The molecule has 2 aliphatic carbocycles. The Kier molecular flexibility index (Phi) is 11.7. The van der Waals surface area contributed by atoms with Crippen LogP contribution in [0, 0.1) is 17.8 Å². The summed E-state index contributed by atoms with van der Waals surface area (Å²) in [5.41, 5.74) is 1.89. The van der Waals surface area contributed by atoms with Crippen LogP contribution in [0.15, 0.2) is 36.5 Å². The minimum atomic E-state index is -1.97. The smallest absolute Gasteiger partial charge is 0.334 e. The molecule has 4 saturated heterocycles. The molecule has 6 aliphatic rings. The molecule has 0 bridgehead atoms. The molecule has 0 spiro atoms. The number of aliphatic hydroxyl groups is 10. The normalized spacial score (nSPS) is 50.5. The molecular weight excluding hydrogens is 684 g/mol. The Bertz CT molecular complexity index is 1310. The number of fused-ring (bicyclic) bond motifs is 3. The van der Waals surface area contributed by atoms with E-state index in [0.717, 1.165) is 5.57 Å². The van der Waals surface area contributed by atoms with Crippen molar-refractivity contribution in [2.24, 2.45) is 17.8 Å². The maximum Gasteiger partial charge on any atom is 0.334 e. The van der Waals surface area contributed by atoms with Crippen LogP contribution in [0.2, 0.25) is 0 Å². The quantitative estimate of drug-likeness (QED) is 0.0607. The van der Waals surface area contributed by atoms with E-state index in [9.17, 15) is 55.9 Å². The Morgan fingerprint density at radius 3 is 1.80 bits per heavy atom. The number of rotatable bonds is 9. The molecule has 0 amide bonds. The predicted molar refractivity (Wildman–Crippen MR) is 166 cm³/mol. The van der Waals surface area contributed by atoms with Gasteiger partial charge in [-0.15, -0.1) is 0 Å². The summed E-state index contributed by atoms with van der Waals surface area (Å²) in [5, 5.41) is 105. The first-order chi connectivity index (χ1) is 24.2. The number of aliphatic hydroxyl groups excluding tert-OH is 10. The van der Waals surface area contributed by atoms with Gasteiger partial charge in [-0.3, -0.25) is 0 Å². The molecule has 4 heterocycles. The maximum atomic E-state index is 12.4. The molecule has 20 atom stereocenters. The summed E-state index contributed by atoms with van der Waals surface area (Å²) in [6, 6.07) is 0. The van der Waals surface area contributed by atoms with E-state index in [2.05, 4.69) is 19.7 Å². The summed E-state index contributed by atoms with van der Waals surface area (Å²) in [6.45, 7) is 10.0. The number of hydrogen-bond acceptors (Lipinski definition) is 18. The van der Waals surface area contributed by atoms with E-state index in [-0.39, 0.29) is 17.8 Å². The third kappa shape index (κ3) is 6.95. The Labute approximate surface area is 292 Å². The number of ether oxygens (including phenoxy) is 7. The SMILES string of the molecule is C=C1[C@@H]2[C@H]3OC(=O)C(=C)[C@@H]3CCC(=C)[C@@H]2C[C@@H]1O[C@@H]1O[C@H](CO)[C@@H](O)[C@H](O[C@@H]2O[C@H](CO)[C@@H](O[C@@H]3O[C@H](CO)[C@@H](O)[C@H](O)[C@H]3O)[C@H](O)[C@H]2O)[C@H]1O. The van der Waals surface area contributed by atoms with Crippen molar-refractivity contribution in [3.8, 4) is 0 Å². The molecule has 6 fully saturated rings. The molecule has 51 heavy (non-hydrogen) atoms. The fourth-order valence-corrected chi connectivity index (χ4v) is 8.14. The fraction of sp³-hybridized carbons (Fsp3) is 0.788. The second-order valence-corrected chi connectivity index (χ2v) is 14.1. The molecule has 0 aromatic carbocycles. The Morgan fingerprint density at radius 1 is 0.627 bits per heavy atom. The lowest BCUT2D eigenvalue weighted by atomic mass is 9.82. The second-order valence-electron chi connectivity index (χ2n) is 14.1. The van der Waals surface area contributed by atoms with Crippen molar-refractivity contribution in [3.63, 3.8) is 0 Å². The van der Waals surface area contributed by atoms with Crippen molar-refractivity contribution < 1.29 is 89.0 Å². The second kappa shape index (κ2) is 15.4. The number of hydrogen-bond donors (Lipinski definition) is 10. The topological polar surface area (TPSA) is 284 Å². The van der Waals surface area contributed by atoms with Crippen LogP contribution >= 0.6 is 0 Å². The van der Waals surface area contributed by atoms with Gasteiger partial charge in [0.25, 0.3) is 0 Å². The molecule has 0 aromatic rings. The first-order valence-corrected chi connectivity index (χ1v) is 17.0. The molecular formula is C33H48O18. The molecule has 18 heteroatoms. The highest BCUT2D eigenvalue weighted by atomic mass is 16.8. The Balaban J connectivity index is 1.15. The molecule has 288 valence electrons. The summed E-state index contributed by atoms with van der Waals surface area (Å²) in [4.78, 5) is 12.4. The van der Waals surface area contributed by atoms with E-state index in [1.54, 1.807) is 0 Å². The van der Waals surface area contributed by atoms with Gasteiger partial charge in [0.15, 0.2) is 18.9 Å². The largest absolute Gasteiger partial charge is 0.458 e. The van der Waals surface area contributed by atoms with Gasteiger partial charge >= 0.3 is 5.97 Å². The number of allylic oxidation sites excluding steroid dienone is 1. The highest BCUT2D eigenvalue weighted by molar-refractivity contribution is 5.91. The van der Waals surface area contributed by atoms with E-state index in [4.69, 9.17) is 33.2 Å². The lowest BCUT2D eigenvalue weighted by Gasteiger charge is -2.48. The highest BCUT2D eigenvalue weighted by Crippen LogP contribution is 2.53. The van der Waals surface area contributed by atoms with E-state index in [1.165, 1.54) is 0 Å². The summed E-state index contributed by atoms with van der Waals surface area (Å²) in [6.07, 6.45) is -24.9. The van der Waals surface area contributed by atoms with Crippen LogP contribution in [-0.2, 0) is 38.0 Å². The van der Waals surface area contributed by atoms with E-state index in [0.29, 0.717) is 30.4 Å². The maximum absolute atomic E-state index is 12.4. The zero-order chi connectivity index (χ0) is 37.0. The summed E-state index contributed by atoms with van der Waals surface area (Å²) >= 11 is 0. The van der Waals surface area contributed by atoms with Crippen LogP contribution < -0.4 is 0 Å². The average Bonchev–Trinajstić information content (AvgIpc) is 3.54. The standard InChI is InChI=1S/C33H48O18/c1-10-4-5-13-11(2)30(44)49-27(13)19-12(3)15(6-14(10)19)45-33-26(43)29(21(38)17(8-35)47-33)51-32-25(42)23(40)28(18(9-36)48-32)50-31-24(41)22(39)20(37)16(7-34)46-31/h13-29,31-43H,1-9H2/t13-,14-,15-,16+,17+,18+,19-,20+,21+,22-,23+,24+,25+,26+,27-,28+,29-,31-,32-,33+/m0/s1. The first-order valence-electron chi connectivity index (χ1n) is 17.0. The zero-order valence-corrected chi connectivity index (χ0v) is 27.6. The van der Waals surface area contributed by atoms with Crippen molar-refractivity contribution in [1.82, 2.24) is 0 Å². The van der Waals surface area contributed by atoms with Crippen LogP contribution in [-0.4, -0.2) is 181 Å². The third-order valence-electron chi connectivity index (χ3n) is 11.1. The summed E-state index contributed by atoms with van der Waals surface area (Å²) in [5.74, 6) is -1.19. The number of carbonyl (C=O) groups excluding carboxylic acids is 1. The lowest BCUT2D eigenvalue weighted by Crippen LogP contribution is -2.66. The molecule has 0 aromatic heterocycles. The third-order valence-corrected chi connectivity index (χ3v) is 11.1. The van der Waals surface area contributed by atoms with Crippen molar-refractivity contribution in [2.45, 2.75) is 124 Å². The molecule has 4 aliphatic heterocycles.